The maximum absolute atomic E-state index is 5.88. The molecule has 1 fully saturated rings. The van der Waals surface area contributed by atoms with Crippen molar-refractivity contribution in [3.05, 3.63) is 0 Å². The molecule has 1 N–H and O–H groups in total. The maximum Gasteiger partial charge on any atom is 0.0675 e. The first-order valence-corrected chi connectivity index (χ1v) is 5.96. The average Bonchev–Trinajstić information content (AvgIpc) is 2.81. The zero-order chi connectivity index (χ0) is 10.6. The molecule has 0 radical (unpaired) electrons. The Morgan fingerprint density at radius 1 is 1.14 bits per heavy atom. The van der Waals surface area contributed by atoms with Gasteiger partial charge in [-0.25, -0.2) is 0 Å². The van der Waals surface area contributed by atoms with Crippen molar-refractivity contribution in [3.8, 4) is 0 Å². The van der Waals surface area contributed by atoms with E-state index in [1.165, 1.54) is 12.8 Å². The van der Waals surface area contributed by atoms with Crippen LogP contribution in [0.3, 0.4) is 0 Å². The van der Waals surface area contributed by atoms with Crippen molar-refractivity contribution in [2.24, 2.45) is 5.92 Å². The molecule has 0 aromatic carbocycles. The summed E-state index contributed by atoms with van der Waals surface area (Å²) in [6, 6.07) is 0.793. The largest absolute Gasteiger partial charge is 0.374 e. The number of nitrogens with one attached hydrogen (secondary N) is 1. The van der Waals surface area contributed by atoms with E-state index < -0.39 is 0 Å². The molecule has 2 heteroatoms. The highest BCUT2D eigenvalue weighted by Crippen LogP contribution is 2.18. The normalized spacial score (nSPS) is 21.2. The second-order valence-corrected chi connectivity index (χ2v) is 5.07. The monoisotopic (exact) mass is 199 g/mol. The molecule has 14 heavy (non-hydrogen) atoms. The highest BCUT2D eigenvalue weighted by atomic mass is 16.5. The van der Waals surface area contributed by atoms with Gasteiger partial charge < -0.3 is 10.1 Å². The van der Waals surface area contributed by atoms with Crippen LogP contribution in [-0.2, 0) is 4.74 Å². The van der Waals surface area contributed by atoms with Crippen LogP contribution < -0.4 is 5.32 Å². The van der Waals surface area contributed by atoms with Crippen molar-refractivity contribution >= 4 is 0 Å². The van der Waals surface area contributed by atoms with Gasteiger partial charge in [-0.3, -0.25) is 0 Å². The molecule has 0 aromatic rings. The quantitative estimate of drug-likeness (QED) is 0.680. The Balaban J connectivity index is 2.02. The fourth-order valence-electron chi connectivity index (χ4n) is 1.78. The van der Waals surface area contributed by atoms with Crippen LogP contribution in [0.15, 0.2) is 0 Å². The fraction of sp³-hybridized carbons (Fsp3) is 1.00. The second-order valence-electron chi connectivity index (χ2n) is 5.07. The van der Waals surface area contributed by atoms with Gasteiger partial charge in [-0.1, -0.05) is 13.8 Å². The van der Waals surface area contributed by atoms with E-state index in [2.05, 4.69) is 33.0 Å². The predicted molar refractivity (Wildman–Crippen MR) is 60.5 cm³/mol. The summed E-state index contributed by atoms with van der Waals surface area (Å²) < 4.78 is 5.88. The summed E-state index contributed by atoms with van der Waals surface area (Å²) in [6.07, 6.45) is 4.62. The van der Waals surface area contributed by atoms with Crippen LogP contribution in [0.1, 0.15) is 47.0 Å². The molecule has 2 nitrogen and oxygen atoms in total. The van der Waals surface area contributed by atoms with Crippen molar-refractivity contribution in [2.75, 3.05) is 6.54 Å². The average molecular weight is 199 g/mol. The fourth-order valence-corrected chi connectivity index (χ4v) is 1.78. The van der Waals surface area contributed by atoms with E-state index in [9.17, 15) is 0 Å². The van der Waals surface area contributed by atoms with Crippen LogP contribution in [0.4, 0.5) is 0 Å². The second kappa shape index (κ2) is 5.72. The summed E-state index contributed by atoms with van der Waals surface area (Å²) in [5, 5.41) is 3.49. The van der Waals surface area contributed by atoms with Gasteiger partial charge in [0.1, 0.15) is 0 Å². The Morgan fingerprint density at radius 2 is 1.79 bits per heavy atom. The van der Waals surface area contributed by atoms with Crippen LogP contribution in [0, 0.1) is 5.92 Å². The molecular formula is C12H25NO. The number of ether oxygens (including phenoxy) is 1. The first-order valence-electron chi connectivity index (χ1n) is 5.96. The van der Waals surface area contributed by atoms with E-state index in [0.717, 1.165) is 24.9 Å². The van der Waals surface area contributed by atoms with Crippen molar-refractivity contribution in [2.45, 2.75) is 65.2 Å². The Morgan fingerprint density at radius 3 is 2.29 bits per heavy atom. The van der Waals surface area contributed by atoms with Crippen molar-refractivity contribution in [1.82, 2.24) is 5.32 Å². The smallest absolute Gasteiger partial charge is 0.0675 e. The van der Waals surface area contributed by atoms with E-state index >= 15 is 0 Å². The minimum atomic E-state index is 0.351. The number of hydrogen-bond donors (Lipinski definition) is 1. The van der Waals surface area contributed by atoms with Gasteiger partial charge in [-0.15, -0.1) is 0 Å². The minimum Gasteiger partial charge on any atom is -0.374 e. The molecule has 1 aliphatic rings. The van der Waals surface area contributed by atoms with Gasteiger partial charge in [0.25, 0.3) is 0 Å². The first-order chi connectivity index (χ1) is 6.58. The third kappa shape index (κ3) is 5.61. The number of rotatable bonds is 7. The van der Waals surface area contributed by atoms with Crippen LogP contribution in [0.2, 0.25) is 0 Å². The molecule has 2 atom stereocenters. The van der Waals surface area contributed by atoms with Crippen molar-refractivity contribution in [1.29, 1.82) is 0 Å². The van der Waals surface area contributed by atoms with Gasteiger partial charge in [-0.2, -0.15) is 0 Å². The predicted octanol–water partition coefficient (Wildman–Crippen LogP) is 2.58. The lowest BCUT2D eigenvalue weighted by Gasteiger charge is -2.20. The third-order valence-electron chi connectivity index (χ3n) is 2.54. The van der Waals surface area contributed by atoms with Gasteiger partial charge in [0.2, 0.25) is 0 Å². The van der Waals surface area contributed by atoms with Crippen molar-refractivity contribution in [3.63, 3.8) is 0 Å². The van der Waals surface area contributed by atoms with Gasteiger partial charge in [-0.05, 0) is 39.0 Å². The van der Waals surface area contributed by atoms with E-state index in [4.69, 9.17) is 4.74 Å². The molecule has 0 aromatic heterocycles. The van der Waals surface area contributed by atoms with Crippen LogP contribution in [0.25, 0.3) is 0 Å². The van der Waals surface area contributed by atoms with Gasteiger partial charge in [0, 0.05) is 12.6 Å². The summed E-state index contributed by atoms with van der Waals surface area (Å²) in [6.45, 7) is 9.83. The lowest BCUT2D eigenvalue weighted by molar-refractivity contribution is -0.00121. The minimum absolute atomic E-state index is 0.351. The zero-order valence-corrected chi connectivity index (χ0v) is 10.0. The molecule has 0 heterocycles. The summed E-state index contributed by atoms with van der Waals surface area (Å²) in [5.74, 6) is 0.730. The highest BCUT2D eigenvalue weighted by molar-refractivity contribution is 4.81. The molecule has 1 saturated carbocycles. The molecule has 0 bridgehead atoms. The van der Waals surface area contributed by atoms with Gasteiger partial charge in [0.05, 0.1) is 12.2 Å². The molecule has 0 amide bonds. The standard InChI is InChI=1S/C12H25NO/c1-9(2)7-10(3)14-11(4)8-13-12-5-6-12/h9-13H,5-8H2,1-4H3. The Labute approximate surface area is 88.4 Å². The van der Waals surface area contributed by atoms with Crippen molar-refractivity contribution < 1.29 is 4.74 Å². The van der Waals surface area contributed by atoms with Crippen LogP contribution >= 0.6 is 0 Å². The molecule has 1 aliphatic carbocycles. The molecule has 1 rings (SSSR count). The van der Waals surface area contributed by atoms with Gasteiger partial charge >= 0.3 is 0 Å². The highest BCUT2D eigenvalue weighted by Gasteiger charge is 2.21. The molecular weight excluding hydrogens is 174 g/mol. The summed E-state index contributed by atoms with van der Waals surface area (Å²) in [7, 11) is 0. The number of hydrogen-bond acceptors (Lipinski definition) is 2. The SMILES string of the molecule is CC(C)CC(C)OC(C)CNC1CC1. The third-order valence-corrected chi connectivity index (χ3v) is 2.54. The maximum atomic E-state index is 5.88. The molecule has 0 aliphatic heterocycles. The summed E-state index contributed by atoms with van der Waals surface area (Å²) in [5.41, 5.74) is 0. The van der Waals surface area contributed by atoms with Crippen LogP contribution in [-0.4, -0.2) is 24.8 Å². The first kappa shape index (κ1) is 12.0. The van der Waals surface area contributed by atoms with E-state index in [1.807, 2.05) is 0 Å². The molecule has 0 saturated heterocycles. The van der Waals surface area contributed by atoms with Crippen LogP contribution in [0.5, 0.6) is 0 Å². The topological polar surface area (TPSA) is 21.3 Å². The Kier molecular flexibility index (Phi) is 4.90. The Hall–Kier alpha value is -0.0800. The summed E-state index contributed by atoms with van der Waals surface area (Å²) in [4.78, 5) is 0. The van der Waals surface area contributed by atoms with E-state index in [-0.39, 0.29) is 0 Å². The zero-order valence-electron chi connectivity index (χ0n) is 10.0. The molecule has 0 spiro atoms. The molecule has 2 unspecified atom stereocenters. The lowest BCUT2D eigenvalue weighted by Crippen LogP contribution is -2.31. The van der Waals surface area contributed by atoms with Gasteiger partial charge in [0.15, 0.2) is 0 Å². The molecule has 84 valence electrons. The Bertz CT molecular complexity index is 154. The summed E-state index contributed by atoms with van der Waals surface area (Å²) >= 11 is 0. The van der Waals surface area contributed by atoms with E-state index in [0.29, 0.717) is 12.2 Å². The lowest BCUT2D eigenvalue weighted by atomic mass is 10.1. The van der Waals surface area contributed by atoms with E-state index in [1.54, 1.807) is 0 Å².